The van der Waals surface area contributed by atoms with Crippen LogP contribution in [0.15, 0.2) is 51.7 Å². The average molecular weight is 435 g/mol. The molecule has 0 aliphatic carbocycles. The van der Waals surface area contributed by atoms with Crippen molar-refractivity contribution in [2.45, 2.75) is 32.4 Å². The summed E-state index contributed by atoms with van der Waals surface area (Å²) in [5, 5.41) is 1.05. The molecule has 7 nitrogen and oxygen atoms in total. The second-order valence-corrected chi connectivity index (χ2v) is 8.05. The Morgan fingerprint density at radius 2 is 2.09 bits per heavy atom. The first-order valence-corrected chi connectivity index (χ1v) is 10.6. The zero-order valence-electron chi connectivity index (χ0n) is 17.6. The number of benzene rings is 2. The first-order chi connectivity index (χ1) is 15.5. The maximum absolute atomic E-state index is 13.7. The zero-order chi connectivity index (χ0) is 22.2. The molecule has 0 bridgehead atoms. The maximum atomic E-state index is 13.7. The number of para-hydroxylation sites is 1. The van der Waals surface area contributed by atoms with Crippen LogP contribution in [0.4, 0.5) is 4.39 Å². The van der Waals surface area contributed by atoms with Gasteiger partial charge in [-0.25, -0.2) is 9.37 Å². The molecule has 1 N–H and O–H groups in total. The highest BCUT2D eigenvalue weighted by atomic mass is 19.1. The van der Waals surface area contributed by atoms with Gasteiger partial charge in [-0.2, -0.15) is 0 Å². The number of aromatic amines is 1. The molecule has 3 heterocycles. The number of nitrogens with zero attached hydrogens (tertiary/aromatic N) is 2. The highest BCUT2D eigenvalue weighted by Crippen LogP contribution is 2.28. The van der Waals surface area contributed by atoms with E-state index in [0.717, 1.165) is 12.8 Å². The Bertz CT molecular complexity index is 1370. The van der Waals surface area contributed by atoms with Gasteiger partial charge < -0.3 is 19.0 Å². The van der Waals surface area contributed by atoms with Crippen LogP contribution >= 0.6 is 0 Å². The van der Waals surface area contributed by atoms with E-state index in [1.165, 1.54) is 18.2 Å². The molecule has 2 aromatic carbocycles. The van der Waals surface area contributed by atoms with Gasteiger partial charge in [0.05, 0.1) is 23.6 Å². The number of aromatic nitrogens is 2. The minimum absolute atomic E-state index is 0.0869. The number of carbonyl (C=O) groups excluding carboxylic acids is 1. The summed E-state index contributed by atoms with van der Waals surface area (Å²) in [6, 6.07) is 11.2. The molecule has 4 aromatic rings. The van der Waals surface area contributed by atoms with E-state index in [1.54, 1.807) is 30.0 Å². The van der Waals surface area contributed by atoms with Gasteiger partial charge in [0, 0.05) is 24.1 Å². The van der Waals surface area contributed by atoms with Crippen LogP contribution in [0.25, 0.3) is 21.9 Å². The standard InChI is InChI=1S/C24H22FN3O4/c1-14-18-11-15(25)8-9-20(18)32-22(14)24(30)28(12-16-5-4-10-31-16)13-21-26-19-7-3-2-6-17(19)23(29)27-21/h2-3,6-9,11,16H,4-5,10,12-13H2,1H3,(H,26,27,29)/t16-/m1/s1. The largest absolute Gasteiger partial charge is 0.451 e. The fourth-order valence-electron chi connectivity index (χ4n) is 4.18. The first-order valence-electron chi connectivity index (χ1n) is 10.6. The van der Waals surface area contributed by atoms with Gasteiger partial charge in [-0.15, -0.1) is 0 Å². The molecular formula is C24H22FN3O4. The van der Waals surface area contributed by atoms with E-state index in [-0.39, 0.29) is 29.9 Å². The number of furan rings is 1. The fourth-order valence-corrected chi connectivity index (χ4v) is 4.18. The van der Waals surface area contributed by atoms with Crippen LogP contribution in [-0.2, 0) is 11.3 Å². The van der Waals surface area contributed by atoms with Crippen LogP contribution in [0.1, 0.15) is 34.8 Å². The predicted molar refractivity (Wildman–Crippen MR) is 117 cm³/mol. The maximum Gasteiger partial charge on any atom is 0.290 e. The van der Waals surface area contributed by atoms with Gasteiger partial charge >= 0.3 is 0 Å². The summed E-state index contributed by atoms with van der Waals surface area (Å²) in [6.07, 6.45) is 1.67. The Morgan fingerprint density at radius 3 is 2.91 bits per heavy atom. The van der Waals surface area contributed by atoms with E-state index < -0.39 is 5.82 Å². The van der Waals surface area contributed by atoms with Crippen molar-refractivity contribution in [3.8, 4) is 0 Å². The third-order valence-corrected chi connectivity index (χ3v) is 5.83. The van der Waals surface area contributed by atoms with E-state index in [2.05, 4.69) is 9.97 Å². The number of ether oxygens (including phenoxy) is 1. The average Bonchev–Trinajstić information content (AvgIpc) is 3.41. The van der Waals surface area contributed by atoms with Crippen LogP contribution in [0.5, 0.6) is 0 Å². The van der Waals surface area contributed by atoms with Gasteiger partial charge in [0.1, 0.15) is 17.2 Å². The van der Waals surface area contributed by atoms with Gasteiger partial charge in [-0.1, -0.05) is 12.1 Å². The molecule has 1 atom stereocenters. The van der Waals surface area contributed by atoms with E-state index >= 15 is 0 Å². The molecule has 0 saturated carbocycles. The van der Waals surface area contributed by atoms with Crippen molar-refractivity contribution in [2.75, 3.05) is 13.2 Å². The molecule has 5 rings (SSSR count). The Balaban J connectivity index is 1.51. The van der Waals surface area contributed by atoms with E-state index in [0.29, 0.717) is 46.4 Å². The van der Waals surface area contributed by atoms with Gasteiger partial charge in [0.15, 0.2) is 5.76 Å². The molecule has 1 aliphatic rings. The van der Waals surface area contributed by atoms with Gasteiger partial charge in [-0.3, -0.25) is 9.59 Å². The SMILES string of the molecule is Cc1c(C(=O)N(Cc2nc3ccccc3c(=O)[nH]2)C[C@H]2CCCO2)oc2ccc(F)cc12. The summed E-state index contributed by atoms with van der Waals surface area (Å²) in [5.74, 6) is -0.230. The van der Waals surface area contributed by atoms with Crippen LogP contribution in [0, 0.1) is 12.7 Å². The van der Waals surface area contributed by atoms with Crippen molar-refractivity contribution in [3.05, 3.63) is 75.8 Å². The van der Waals surface area contributed by atoms with Crippen molar-refractivity contribution in [1.29, 1.82) is 0 Å². The second kappa shape index (κ2) is 8.20. The number of carbonyl (C=O) groups is 1. The number of nitrogens with one attached hydrogen (secondary N) is 1. The number of aryl methyl sites for hydroxylation is 1. The topological polar surface area (TPSA) is 88.4 Å². The van der Waals surface area contributed by atoms with Crippen molar-refractivity contribution < 1.29 is 18.3 Å². The van der Waals surface area contributed by atoms with Crippen molar-refractivity contribution >= 4 is 27.8 Å². The summed E-state index contributed by atoms with van der Waals surface area (Å²) in [5.41, 5.74) is 1.32. The van der Waals surface area contributed by atoms with E-state index in [1.807, 2.05) is 6.07 Å². The summed E-state index contributed by atoms with van der Waals surface area (Å²) < 4.78 is 25.3. The van der Waals surface area contributed by atoms with E-state index in [9.17, 15) is 14.0 Å². The Labute approximate surface area is 182 Å². The van der Waals surface area contributed by atoms with Crippen molar-refractivity contribution in [2.24, 2.45) is 0 Å². The number of rotatable bonds is 5. The number of hydrogen-bond acceptors (Lipinski definition) is 5. The third kappa shape index (κ3) is 3.78. The quantitative estimate of drug-likeness (QED) is 0.513. The fraction of sp³-hybridized carbons (Fsp3) is 0.292. The highest BCUT2D eigenvalue weighted by Gasteiger charge is 2.28. The zero-order valence-corrected chi connectivity index (χ0v) is 17.6. The lowest BCUT2D eigenvalue weighted by Gasteiger charge is -2.24. The molecule has 1 amide bonds. The number of halogens is 1. The Hall–Kier alpha value is -3.52. The molecule has 1 saturated heterocycles. The molecule has 164 valence electrons. The van der Waals surface area contributed by atoms with E-state index in [4.69, 9.17) is 9.15 Å². The lowest BCUT2D eigenvalue weighted by atomic mass is 10.1. The molecule has 2 aromatic heterocycles. The Kier molecular flexibility index (Phi) is 5.22. The predicted octanol–water partition coefficient (Wildman–Crippen LogP) is 3.94. The summed E-state index contributed by atoms with van der Waals surface area (Å²) in [7, 11) is 0. The summed E-state index contributed by atoms with van der Waals surface area (Å²) >= 11 is 0. The molecule has 0 unspecified atom stereocenters. The van der Waals surface area contributed by atoms with Crippen molar-refractivity contribution in [3.63, 3.8) is 0 Å². The number of H-pyrrole nitrogens is 1. The first kappa shape index (κ1) is 20.4. The van der Waals surface area contributed by atoms with Gasteiger partial charge in [-0.05, 0) is 50.1 Å². The monoisotopic (exact) mass is 435 g/mol. The molecule has 32 heavy (non-hydrogen) atoms. The molecule has 8 heteroatoms. The normalized spacial score (nSPS) is 16.1. The van der Waals surface area contributed by atoms with Crippen molar-refractivity contribution in [1.82, 2.24) is 14.9 Å². The summed E-state index contributed by atoms with van der Waals surface area (Å²) in [6.45, 7) is 2.81. The minimum atomic E-state index is -0.394. The molecule has 1 fully saturated rings. The number of hydrogen-bond donors (Lipinski definition) is 1. The molecular weight excluding hydrogens is 413 g/mol. The lowest BCUT2D eigenvalue weighted by Crippen LogP contribution is -2.38. The lowest BCUT2D eigenvalue weighted by molar-refractivity contribution is 0.0479. The van der Waals surface area contributed by atoms with Crippen LogP contribution < -0.4 is 5.56 Å². The smallest absolute Gasteiger partial charge is 0.290 e. The van der Waals surface area contributed by atoms with Gasteiger partial charge in [0.2, 0.25) is 0 Å². The second-order valence-electron chi connectivity index (χ2n) is 8.05. The number of amides is 1. The number of fused-ring (bicyclic) bond motifs is 2. The minimum Gasteiger partial charge on any atom is -0.451 e. The molecule has 1 aliphatic heterocycles. The third-order valence-electron chi connectivity index (χ3n) is 5.83. The highest BCUT2D eigenvalue weighted by molar-refractivity contribution is 5.99. The molecule has 0 radical (unpaired) electrons. The van der Waals surface area contributed by atoms with Crippen LogP contribution in [0.2, 0.25) is 0 Å². The van der Waals surface area contributed by atoms with Gasteiger partial charge in [0.25, 0.3) is 11.5 Å². The van der Waals surface area contributed by atoms with Crippen LogP contribution in [-0.4, -0.2) is 40.0 Å². The summed E-state index contributed by atoms with van der Waals surface area (Å²) in [4.78, 5) is 34.9. The molecule has 0 spiro atoms. The Morgan fingerprint density at radius 1 is 1.25 bits per heavy atom. The van der Waals surface area contributed by atoms with Crippen LogP contribution in [0.3, 0.4) is 0 Å².